The molecule has 0 bridgehead atoms. The van der Waals surface area contributed by atoms with Gasteiger partial charge in [-0.25, -0.2) is 4.98 Å². The van der Waals surface area contributed by atoms with Crippen LogP contribution in [0.15, 0.2) is 12.3 Å². The van der Waals surface area contributed by atoms with Gasteiger partial charge in [0.1, 0.15) is 6.10 Å². The number of aryl methyl sites for hydroxylation is 1. The predicted octanol–water partition coefficient (Wildman–Crippen LogP) is 3.76. The fraction of sp³-hybridized carbons (Fsp3) is 0.353. The zero-order valence-electron chi connectivity index (χ0n) is 14.5. The molecule has 0 radical (unpaired) electrons. The van der Waals surface area contributed by atoms with E-state index in [1.807, 2.05) is 6.92 Å². The number of aromatic nitrogens is 1. The molecule has 2 aromatic rings. The lowest BCUT2D eigenvalue weighted by molar-refractivity contribution is 0.205. The molecule has 0 saturated carbocycles. The number of ether oxygens (including phenoxy) is 4. The highest BCUT2D eigenvalue weighted by Crippen LogP contribution is 2.47. The molecule has 1 aromatic carbocycles. The summed E-state index contributed by atoms with van der Waals surface area (Å²) in [4.78, 5) is 4.19. The molecule has 0 aliphatic heterocycles. The molecule has 6 nitrogen and oxygen atoms in total. The maximum Gasteiger partial charge on any atom is 0.220 e. The molecule has 0 fully saturated rings. The second kappa shape index (κ2) is 8.29. The Kier molecular flexibility index (Phi) is 6.59. The third-order valence-electron chi connectivity index (χ3n) is 3.79. The van der Waals surface area contributed by atoms with Crippen LogP contribution in [0.1, 0.15) is 22.8 Å². The van der Waals surface area contributed by atoms with Gasteiger partial charge < -0.3 is 24.1 Å². The van der Waals surface area contributed by atoms with Gasteiger partial charge in [-0.05, 0) is 41.1 Å². The van der Waals surface area contributed by atoms with Crippen LogP contribution in [-0.4, -0.2) is 38.5 Å². The van der Waals surface area contributed by atoms with Gasteiger partial charge in [0.15, 0.2) is 11.5 Å². The van der Waals surface area contributed by atoms with E-state index in [0.29, 0.717) is 37.0 Å². The summed E-state index contributed by atoms with van der Waals surface area (Å²) in [6.45, 7) is 1.84. The Labute approximate surface area is 165 Å². The minimum Gasteiger partial charge on any atom is -0.493 e. The van der Waals surface area contributed by atoms with Crippen molar-refractivity contribution >= 4 is 34.2 Å². The lowest BCUT2D eigenvalue weighted by Crippen LogP contribution is -2.10. The van der Waals surface area contributed by atoms with Crippen molar-refractivity contribution in [2.75, 3.05) is 28.4 Å². The number of aliphatic hydroxyl groups is 1. The van der Waals surface area contributed by atoms with E-state index >= 15 is 0 Å². The van der Waals surface area contributed by atoms with Gasteiger partial charge in [-0.15, -0.1) is 0 Å². The minimum atomic E-state index is -1.13. The summed E-state index contributed by atoms with van der Waals surface area (Å²) >= 11 is 8.47. The summed E-state index contributed by atoms with van der Waals surface area (Å²) in [5.74, 6) is 1.50. The van der Waals surface area contributed by atoms with Crippen LogP contribution in [0.2, 0.25) is 5.02 Å². The minimum absolute atomic E-state index is 0.245. The summed E-state index contributed by atoms with van der Waals surface area (Å²) in [6, 6.07) is 1.77. The van der Waals surface area contributed by atoms with Crippen molar-refractivity contribution in [3.05, 3.63) is 37.5 Å². The van der Waals surface area contributed by atoms with Crippen LogP contribution in [0.3, 0.4) is 0 Å². The van der Waals surface area contributed by atoms with Gasteiger partial charge in [0.05, 0.1) is 42.6 Å². The van der Waals surface area contributed by atoms with Crippen LogP contribution in [0, 0.1) is 10.5 Å². The van der Waals surface area contributed by atoms with Crippen LogP contribution in [0.4, 0.5) is 0 Å². The second-order valence-corrected chi connectivity index (χ2v) is 6.66. The Hall–Kier alpha value is -1.45. The molecule has 0 aliphatic carbocycles. The number of benzene rings is 1. The van der Waals surface area contributed by atoms with Crippen LogP contribution in [0.25, 0.3) is 0 Å². The fourth-order valence-corrected chi connectivity index (χ4v) is 3.31. The molecule has 8 heteroatoms. The van der Waals surface area contributed by atoms with E-state index in [1.54, 1.807) is 12.3 Å². The predicted molar refractivity (Wildman–Crippen MR) is 103 cm³/mol. The highest BCUT2D eigenvalue weighted by molar-refractivity contribution is 14.1. The van der Waals surface area contributed by atoms with Gasteiger partial charge in [0.25, 0.3) is 0 Å². The van der Waals surface area contributed by atoms with Crippen LogP contribution < -0.4 is 18.9 Å². The number of pyridine rings is 1. The Morgan fingerprint density at radius 2 is 1.68 bits per heavy atom. The number of aliphatic hydroxyl groups excluding tert-OH is 1. The molecule has 1 heterocycles. The van der Waals surface area contributed by atoms with Crippen molar-refractivity contribution in [1.82, 2.24) is 4.98 Å². The van der Waals surface area contributed by atoms with E-state index in [0.717, 1.165) is 5.56 Å². The van der Waals surface area contributed by atoms with Crippen molar-refractivity contribution in [3.63, 3.8) is 0 Å². The van der Waals surface area contributed by atoms with Crippen LogP contribution in [-0.2, 0) is 0 Å². The quantitative estimate of drug-likeness (QED) is 0.636. The molecule has 0 aliphatic rings. The van der Waals surface area contributed by atoms with E-state index in [4.69, 9.17) is 30.5 Å². The molecule has 2 rings (SSSR count). The Balaban J connectivity index is 2.77. The van der Waals surface area contributed by atoms with Crippen molar-refractivity contribution < 1.29 is 24.1 Å². The molecule has 136 valence electrons. The normalized spacial score (nSPS) is 11.8. The molecule has 1 unspecified atom stereocenters. The summed E-state index contributed by atoms with van der Waals surface area (Å²) in [7, 11) is 6.02. The number of rotatable bonds is 6. The molecule has 1 atom stereocenters. The van der Waals surface area contributed by atoms with Crippen molar-refractivity contribution in [2.24, 2.45) is 0 Å². The first-order valence-corrected chi connectivity index (χ1v) is 8.72. The van der Waals surface area contributed by atoms with Gasteiger partial charge in [-0.1, -0.05) is 11.6 Å². The highest BCUT2D eigenvalue weighted by Gasteiger charge is 2.29. The third kappa shape index (κ3) is 3.58. The monoisotopic (exact) mass is 479 g/mol. The molecule has 1 aromatic heterocycles. The molecule has 0 saturated heterocycles. The smallest absolute Gasteiger partial charge is 0.220 e. The van der Waals surface area contributed by atoms with Gasteiger partial charge in [-0.2, -0.15) is 0 Å². The standard InChI is InChI=1S/C17H19ClINO5/c1-8-6-10(22-2)15(23-3)16(24-4)11(8)14(21)12-13(18)9(19)7-20-17(12)25-5/h6-7,14,21H,1-5H3. The summed E-state index contributed by atoms with van der Waals surface area (Å²) in [6.07, 6.45) is 0.454. The number of hydrogen-bond donors (Lipinski definition) is 1. The van der Waals surface area contributed by atoms with Crippen LogP contribution in [0.5, 0.6) is 23.1 Å². The summed E-state index contributed by atoms with van der Waals surface area (Å²) in [5.41, 5.74) is 1.62. The van der Waals surface area contributed by atoms with E-state index in [9.17, 15) is 5.11 Å². The van der Waals surface area contributed by atoms with E-state index in [-0.39, 0.29) is 5.88 Å². The maximum absolute atomic E-state index is 11.1. The molecule has 1 N–H and O–H groups in total. The Morgan fingerprint density at radius 1 is 1.04 bits per heavy atom. The molecular formula is C17H19ClINO5. The molecule has 25 heavy (non-hydrogen) atoms. The number of nitrogens with zero attached hydrogens (tertiary/aromatic N) is 1. The first-order chi connectivity index (χ1) is 11.9. The largest absolute Gasteiger partial charge is 0.493 e. The highest BCUT2D eigenvalue weighted by atomic mass is 127. The first kappa shape index (κ1) is 19.9. The molecule has 0 spiro atoms. The summed E-state index contributed by atoms with van der Waals surface area (Å²) < 4.78 is 22.2. The van der Waals surface area contributed by atoms with E-state index in [1.165, 1.54) is 28.4 Å². The maximum atomic E-state index is 11.1. The average Bonchev–Trinajstić information content (AvgIpc) is 2.61. The fourth-order valence-electron chi connectivity index (χ4n) is 2.65. The third-order valence-corrected chi connectivity index (χ3v) is 5.33. The number of halogens is 2. The van der Waals surface area contributed by atoms with Crippen molar-refractivity contribution in [3.8, 4) is 23.1 Å². The van der Waals surface area contributed by atoms with Gasteiger partial charge in [0, 0.05) is 11.8 Å². The average molecular weight is 480 g/mol. The number of methoxy groups -OCH3 is 4. The van der Waals surface area contributed by atoms with Gasteiger partial charge >= 0.3 is 0 Å². The van der Waals surface area contributed by atoms with Crippen molar-refractivity contribution in [1.29, 1.82) is 0 Å². The first-order valence-electron chi connectivity index (χ1n) is 7.26. The SMILES string of the molecule is COc1cc(C)c(C(O)c2c(OC)ncc(I)c2Cl)c(OC)c1OC. The zero-order chi connectivity index (χ0) is 18.7. The number of hydrogen-bond acceptors (Lipinski definition) is 6. The lowest BCUT2D eigenvalue weighted by atomic mass is 9.96. The summed E-state index contributed by atoms with van der Waals surface area (Å²) in [5, 5.41) is 11.5. The van der Waals surface area contributed by atoms with Crippen molar-refractivity contribution in [2.45, 2.75) is 13.0 Å². The Morgan fingerprint density at radius 3 is 2.20 bits per heavy atom. The van der Waals surface area contributed by atoms with Gasteiger partial charge in [-0.3, -0.25) is 0 Å². The van der Waals surface area contributed by atoms with Crippen LogP contribution >= 0.6 is 34.2 Å². The molecule has 0 amide bonds. The Bertz CT molecular complexity index is 784. The van der Waals surface area contributed by atoms with Gasteiger partial charge in [0.2, 0.25) is 11.6 Å². The second-order valence-electron chi connectivity index (χ2n) is 5.12. The lowest BCUT2D eigenvalue weighted by Gasteiger charge is -2.23. The molecular weight excluding hydrogens is 461 g/mol. The zero-order valence-corrected chi connectivity index (χ0v) is 17.4. The van der Waals surface area contributed by atoms with E-state index in [2.05, 4.69) is 27.6 Å². The van der Waals surface area contributed by atoms with E-state index < -0.39 is 6.10 Å². The topological polar surface area (TPSA) is 70.0 Å².